The molecular weight excluding hydrogens is 326 g/mol. The fourth-order valence-electron chi connectivity index (χ4n) is 1.41. The van der Waals surface area contributed by atoms with Crippen molar-refractivity contribution in [2.45, 2.75) is 23.6 Å². The van der Waals surface area contributed by atoms with E-state index in [0.29, 0.717) is 16.7 Å². The van der Waals surface area contributed by atoms with Crippen LogP contribution in [0.3, 0.4) is 0 Å². The Balaban J connectivity index is 2.36. The van der Waals surface area contributed by atoms with Gasteiger partial charge in [-0.3, -0.25) is 4.68 Å². The summed E-state index contributed by atoms with van der Waals surface area (Å²) in [4.78, 5) is 3.84. The van der Waals surface area contributed by atoms with Crippen molar-refractivity contribution < 1.29 is 8.42 Å². The molecule has 0 aliphatic rings. The Labute approximate surface area is 112 Å². The van der Waals surface area contributed by atoms with Crippen molar-refractivity contribution in [2.75, 3.05) is 0 Å². The topological polar surface area (TPSA) is 64.8 Å². The van der Waals surface area contributed by atoms with E-state index in [0.717, 1.165) is 11.3 Å². The summed E-state index contributed by atoms with van der Waals surface area (Å²) < 4.78 is 26.7. The lowest BCUT2D eigenvalue weighted by Gasteiger charge is -2.05. The maximum Gasteiger partial charge on any atom is 0.211 e. The van der Waals surface area contributed by atoms with E-state index in [9.17, 15) is 8.42 Å². The molecule has 0 bridgehead atoms. The van der Waals surface area contributed by atoms with Gasteiger partial charge in [-0.05, 0) is 22.9 Å². The van der Waals surface area contributed by atoms with Crippen LogP contribution in [0.15, 0.2) is 26.6 Å². The van der Waals surface area contributed by atoms with Gasteiger partial charge >= 0.3 is 0 Å². The van der Waals surface area contributed by atoms with Crippen molar-refractivity contribution in [3.8, 4) is 0 Å². The highest BCUT2D eigenvalue weighted by Gasteiger charge is 2.22. The van der Waals surface area contributed by atoms with E-state index in [-0.39, 0.29) is 10.1 Å². The Morgan fingerprint density at radius 3 is 2.88 bits per heavy atom. The number of hydrogen-bond acceptors (Lipinski definition) is 5. The zero-order valence-corrected chi connectivity index (χ0v) is 12.2. The summed E-state index contributed by atoms with van der Waals surface area (Å²) in [5.41, 5.74) is 0.655. The van der Waals surface area contributed by atoms with Crippen LogP contribution in [0.4, 0.5) is 0 Å². The first kappa shape index (κ1) is 12.7. The van der Waals surface area contributed by atoms with Crippen molar-refractivity contribution in [3.05, 3.63) is 27.9 Å². The minimum absolute atomic E-state index is 0.0884. The molecule has 17 heavy (non-hydrogen) atoms. The highest BCUT2D eigenvalue weighted by Crippen LogP contribution is 2.23. The predicted octanol–water partition coefficient (Wildman–Crippen LogP) is 2.10. The number of aromatic nitrogens is 3. The number of thiazole rings is 1. The highest BCUT2D eigenvalue weighted by molar-refractivity contribution is 9.10. The molecule has 0 fully saturated rings. The Kier molecular flexibility index (Phi) is 3.64. The van der Waals surface area contributed by atoms with Crippen LogP contribution in [0.1, 0.15) is 12.6 Å². The van der Waals surface area contributed by atoms with Crippen LogP contribution in [-0.4, -0.2) is 23.2 Å². The van der Waals surface area contributed by atoms with Gasteiger partial charge < -0.3 is 0 Å². The smallest absolute Gasteiger partial charge is 0.211 e. The van der Waals surface area contributed by atoms with Crippen molar-refractivity contribution >= 4 is 37.1 Å². The van der Waals surface area contributed by atoms with Gasteiger partial charge in [-0.25, -0.2) is 13.4 Å². The highest BCUT2D eigenvalue weighted by atomic mass is 79.9. The first-order valence-electron chi connectivity index (χ1n) is 4.87. The maximum absolute atomic E-state index is 12.1. The molecule has 2 heterocycles. The molecule has 0 unspecified atom stereocenters. The SMILES string of the molecule is CCn1ncc(Br)c1CS(=O)(=O)c1nccs1. The first-order chi connectivity index (χ1) is 8.04. The second-order valence-electron chi connectivity index (χ2n) is 3.31. The molecule has 0 aromatic carbocycles. The number of rotatable bonds is 4. The van der Waals surface area contributed by atoms with Crippen LogP contribution >= 0.6 is 27.3 Å². The monoisotopic (exact) mass is 335 g/mol. The Morgan fingerprint density at radius 2 is 2.29 bits per heavy atom. The number of halogens is 1. The number of sulfone groups is 1. The summed E-state index contributed by atoms with van der Waals surface area (Å²) in [5, 5.41) is 5.74. The molecule has 2 rings (SSSR count). The lowest BCUT2D eigenvalue weighted by Crippen LogP contribution is -2.10. The van der Waals surface area contributed by atoms with E-state index in [1.54, 1.807) is 16.3 Å². The van der Waals surface area contributed by atoms with E-state index in [2.05, 4.69) is 26.0 Å². The molecule has 0 saturated heterocycles. The summed E-state index contributed by atoms with van der Waals surface area (Å²) >= 11 is 4.44. The van der Waals surface area contributed by atoms with Crippen LogP contribution in [0.2, 0.25) is 0 Å². The van der Waals surface area contributed by atoms with Crippen LogP contribution < -0.4 is 0 Å². The molecule has 0 saturated carbocycles. The first-order valence-corrected chi connectivity index (χ1v) is 8.19. The Hall–Kier alpha value is -0.730. The van der Waals surface area contributed by atoms with Crippen molar-refractivity contribution in [3.63, 3.8) is 0 Å². The fourth-order valence-corrected chi connectivity index (χ4v) is 4.33. The molecule has 2 aromatic rings. The van der Waals surface area contributed by atoms with Gasteiger partial charge in [0.25, 0.3) is 0 Å². The molecule has 0 radical (unpaired) electrons. The van der Waals surface area contributed by atoms with E-state index in [4.69, 9.17) is 0 Å². The van der Waals surface area contributed by atoms with Gasteiger partial charge in [-0.15, -0.1) is 11.3 Å². The van der Waals surface area contributed by atoms with Crippen LogP contribution in [0.25, 0.3) is 0 Å². The van der Waals surface area contributed by atoms with Crippen LogP contribution in [0.5, 0.6) is 0 Å². The molecule has 0 N–H and O–H groups in total. The van der Waals surface area contributed by atoms with Gasteiger partial charge in [0.05, 0.1) is 16.4 Å². The van der Waals surface area contributed by atoms with Crippen molar-refractivity contribution in [2.24, 2.45) is 0 Å². The largest absolute Gasteiger partial charge is 0.268 e. The van der Waals surface area contributed by atoms with Crippen molar-refractivity contribution in [1.82, 2.24) is 14.8 Å². The number of hydrogen-bond donors (Lipinski definition) is 0. The molecule has 0 aliphatic carbocycles. The van der Waals surface area contributed by atoms with Gasteiger partial charge in [0.15, 0.2) is 0 Å². The second kappa shape index (κ2) is 4.87. The van der Waals surface area contributed by atoms with E-state index in [1.165, 1.54) is 6.20 Å². The average Bonchev–Trinajstić information content (AvgIpc) is 2.90. The van der Waals surface area contributed by atoms with Gasteiger partial charge in [-0.1, -0.05) is 0 Å². The van der Waals surface area contributed by atoms with Gasteiger partial charge in [-0.2, -0.15) is 5.10 Å². The molecule has 0 aliphatic heterocycles. The third-order valence-electron chi connectivity index (χ3n) is 2.20. The van der Waals surface area contributed by atoms with E-state index >= 15 is 0 Å². The molecular formula is C9H10BrN3O2S2. The Morgan fingerprint density at radius 1 is 1.53 bits per heavy atom. The zero-order valence-electron chi connectivity index (χ0n) is 9.00. The van der Waals surface area contributed by atoms with Gasteiger partial charge in [0.1, 0.15) is 5.75 Å². The minimum atomic E-state index is -3.38. The van der Waals surface area contributed by atoms with Gasteiger partial charge in [0, 0.05) is 18.1 Å². The third-order valence-corrected chi connectivity index (χ3v) is 5.77. The maximum atomic E-state index is 12.1. The molecule has 5 nitrogen and oxygen atoms in total. The Bertz CT molecular complexity index is 604. The molecule has 92 valence electrons. The zero-order chi connectivity index (χ0) is 12.5. The summed E-state index contributed by atoms with van der Waals surface area (Å²) in [6.07, 6.45) is 3.10. The number of aryl methyl sites for hydroxylation is 1. The molecule has 0 amide bonds. The second-order valence-corrected chi connectivity index (χ2v) is 7.22. The molecule has 0 atom stereocenters. The number of nitrogens with zero attached hydrogens (tertiary/aromatic N) is 3. The summed E-state index contributed by atoms with van der Waals surface area (Å²) in [7, 11) is -3.38. The molecule has 2 aromatic heterocycles. The lowest BCUT2D eigenvalue weighted by atomic mass is 10.5. The lowest BCUT2D eigenvalue weighted by molar-refractivity contribution is 0.585. The summed E-state index contributed by atoms with van der Waals surface area (Å²) in [6.45, 7) is 2.55. The predicted molar refractivity (Wildman–Crippen MR) is 68.6 cm³/mol. The summed E-state index contributed by atoms with van der Waals surface area (Å²) in [5.74, 6) is -0.0884. The normalized spacial score (nSPS) is 11.9. The van der Waals surface area contributed by atoms with Gasteiger partial charge in [0.2, 0.25) is 14.2 Å². The quantitative estimate of drug-likeness (QED) is 0.858. The molecule has 0 spiro atoms. The standard InChI is InChI=1S/C9H10BrN3O2S2/c1-2-13-8(7(10)5-12-13)6-17(14,15)9-11-3-4-16-9/h3-5H,2,6H2,1H3. The van der Waals surface area contributed by atoms with E-state index < -0.39 is 9.84 Å². The molecule has 8 heteroatoms. The fraction of sp³-hybridized carbons (Fsp3) is 0.333. The van der Waals surface area contributed by atoms with Crippen molar-refractivity contribution in [1.29, 1.82) is 0 Å². The minimum Gasteiger partial charge on any atom is -0.268 e. The van der Waals surface area contributed by atoms with E-state index in [1.807, 2.05) is 6.92 Å². The average molecular weight is 336 g/mol. The summed E-state index contributed by atoms with van der Waals surface area (Å²) in [6, 6.07) is 0. The third kappa shape index (κ3) is 2.58. The van der Waals surface area contributed by atoms with Crippen LogP contribution in [-0.2, 0) is 22.1 Å². The van der Waals surface area contributed by atoms with Crippen LogP contribution in [0, 0.1) is 0 Å².